The lowest BCUT2D eigenvalue weighted by atomic mass is 10.00. The summed E-state index contributed by atoms with van der Waals surface area (Å²) in [6.07, 6.45) is 3.06. The molecule has 3 rings (SSSR count). The number of rotatable bonds is 6. The van der Waals surface area contributed by atoms with E-state index in [1.54, 1.807) is 7.11 Å². The Bertz CT molecular complexity index is 769. The van der Waals surface area contributed by atoms with Crippen molar-refractivity contribution in [3.8, 4) is 5.75 Å². The zero-order valence-electron chi connectivity index (χ0n) is 16.2. The summed E-state index contributed by atoms with van der Waals surface area (Å²) in [5.74, 6) is 1.01. The maximum absolute atomic E-state index is 13.1. The maximum atomic E-state index is 13.1. The molecular formula is C20H27FN4O2. The van der Waals surface area contributed by atoms with Gasteiger partial charge in [0.1, 0.15) is 5.75 Å². The molecule has 6 nitrogen and oxygen atoms in total. The number of aromatic nitrogens is 2. The number of anilines is 1. The molecule has 0 spiro atoms. The first-order valence-electron chi connectivity index (χ1n) is 9.24. The molecule has 1 aromatic carbocycles. The van der Waals surface area contributed by atoms with Gasteiger partial charge in [0.25, 0.3) is 0 Å². The SMILES string of the molecule is COc1ccc(CN2CCN(c3ncc(F)cn3)CC2CCO)c(C)c1C. The summed E-state index contributed by atoms with van der Waals surface area (Å²) in [6.45, 7) is 7.45. The van der Waals surface area contributed by atoms with Gasteiger partial charge in [-0.15, -0.1) is 0 Å². The largest absolute Gasteiger partial charge is 0.496 e. The molecule has 0 amide bonds. The van der Waals surface area contributed by atoms with Gasteiger partial charge in [0.2, 0.25) is 5.95 Å². The molecule has 27 heavy (non-hydrogen) atoms. The predicted octanol–water partition coefficient (Wildman–Crippen LogP) is 2.31. The van der Waals surface area contributed by atoms with Crippen molar-refractivity contribution in [3.63, 3.8) is 0 Å². The zero-order chi connectivity index (χ0) is 19.4. The Kier molecular flexibility index (Phi) is 6.23. The highest BCUT2D eigenvalue weighted by Gasteiger charge is 2.28. The molecule has 0 bridgehead atoms. The van der Waals surface area contributed by atoms with Crippen molar-refractivity contribution < 1.29 is 14.2 Å². The number of methoxy groups -OCH3 is 1. The van der Waals surface area contributed by atoms with Crippen LogP contribution in [0, 0.1) is 19.7 Å². The highest BCUT2D eigenvalue weighted by Crippen LogP contribution is 2.26. The van der Waals surface area contributed by atoms with E-state index >= 15 is 0 Å². The zero-order valence-corrected chi connectivity index (χ0v) is 16.2. The van der Waals surface area contributed by atoms with Crippen LogP contribution in [0.2, 0.25) is 0 Å². The molecule has 1 aliphatic heterocycles. The minimum absolute atomic E-state index is 0.125. The average Bonchev–Trinajstić information content (AvgIpc) is 2.68. The topological polar surface area (TPSA) is 61.7 Å². The van der Waals surface area contributed by atoms with Crippen LogP contribution in [0.5, 0.6) is 5.75 Å². The molecule has 0 saturated carbocycles. The Morgan fingerprint density at radius 1 is 1.19 bits per heavy atom. The minimum atomic E-state index is -0.436. The van der Waals surface area contributed by atoms with Crippen LogP contribution in [-0.4, -0.2) is 59.4 Å². The smallest absolute Gasteiger partial charge is 0.225 e. The van der Waals surface area contributed by atoms with E-state index in [4.69, 9.17) is 4.74 Å². The van der Waals surface area contributed by atoms with Gasteiger partial charge in [-0.05, 0) is 43.0 Å². The second kappa shape index (κ2) is 8.63. The first-order chi connectivity index (χ1) is 13.0. The number of halogens is 1. The van der Waals surface area contributed by atoms with E-state index < -0.39 is 5.82 Å². The van der Waals surface area contributed by atoms with Gasteiger partial charge >= 0.3 is 0 Å². The summed E-state index contributed by atoms with van der Waals surface area (Å²) in [5.41, 5.74) is 3.66. The fraction of sp³-hybridized carbons (Fsp3) is 0.500. The van der Waals surface area contributed by atoms with Gasteiger partial charge in [0, 0.05) is 38.8 Å². The summed E-state index contributed by atoms with van der Waals surface area (Å²) in [5, 5.41) is 9.52. The highest BCUT2D eigenvalue weighted by molar-refractivity contribution is 5.43. The van der Waals surface area contributed by atoms with Gasteiger partial charge in [-0.2, -0.15) is 0 Å². The number of piperazine rings is 1. The third-order valence-electron chi connectivity index (χ3n) is 5.40. The molecule has 1 aliphatic rings. The minimum Gasteiger partial charge on any atom is -0.496 e. The normalized spacial score (nSPS) is 18.0. The standard InChI is InChI=1S/C20H27FN4O2/c1-14-15(2)19(27-3)5-4-16(14)12-24-7-8-25(13-18(24)6-9-26)20-22-10-17(21)11-23-20/h4-5,10-11,18,26H,6-9,12-13H2,1-3H3. The number of aliphatic hydroxyl groups excluding tert-OH is 1. The Morgan fingerprint density at radius 2 is 1.93 bits per heavy atom. The van der Waals surface area contributed by atoms with Crippen LogP contribution in [0.3, 0.4) is 0 Å². The summed E-state index contributed by atoms with van der Waals surface area (Å²) in [6, 6.07) is 4.31. The Labute approximate surface area is 159 Å². The van der Waals surface area contributed by atoms with E-state index in [0.29, 0.717) is 18.9 Å². The molecule has 146 valence electrons. The van der Waals surface area contributed by atoms with Gasteiger partial charge in [0.15, 0.2) is 5.82 Å². The Morgan fingerprint density at radius 3 is 2.59 bits per heavy atom. The molecule has 1 saturated heterocycles. The average molecular weight is 374 g/mol. The second-order valence-corrected chi connectivity index (χ2v) is 6.96. The van der Waals surface area contributed by atoms with Crippen LogP contribution >= 0.6 is 0 Å². The van der Waals surface area contributed by atoms with Gasteiger partial charge in [0.05, 0.1) is 19.5 Å². The van der Waals surface area contributed by atoms with E-state index in [9.17, 15) is 9.50 Å². The van der Waals surface area contributed by atoms with Crippen molar-refractivity contribution in [2.75, 3.05) is 38.3 Å². The predicted molar refractivity (Wildman–Crippen MR) is 103 cm³/mol. The third-order valence-corrected chi connectivity index (χ3v) is 5.40. The van der Waals surface area contributed by atoms with Crippen LogP contribution in [0.1, 0.15) is 23.1 Å². The van der Waals surface area contributed by atoms with Crippen LogP contribution in [0.4, 0.5) is 10.3 Å². The van der Waals surface area contributed by atoms with Crippen LogP contribution < -0.4 is 9.64 Å². The Balaban J connectivity index is 1.74. The lowest BCUT2D eigenvalue weighted by Crippen LogP contribution is -2.53. The number of aliphatic hydroxyl groups is 1. The summed E-state index contributed by atoms with van der Waals surface area (Å²) >= 11 is 0. The van der Waals surface area contributed by atoms with E-state index in [0.717, 1.165) is 30.9 Å². The number of nitrogens with zero attached hydrogens (tertiary/aromatic N) is 4. The molecular weight excluding hydrogens is 347 g/mol. The van der Waals surface area contributed by atoms with E-state index in [1.165, 1.54) is 23.5 Å². The quantitative estimate of drug-likeness (QED) is 0.837. The molecule has 1 N–H and O–H groups in total. The summed E-state index contributed by atoms with van der Waals surface area (Å²) in [4.78, 5) is 12.6. The lowest BCUT2D eigenvalue weighted by molar-refractivity contribution is 0.134. The molecule has 2 aromatic rings. The molecule has 1 aromatic heterocycles. The highest BCUT2D eigenvalue weighted by atomic mass is 19.1. The van der Waals surface area contributed by atoms with Crippen LogP contribution in [0.25, 0.3) is 0 Å². The number of benzene rings is 1. The maximum Gasteiger partial charge on any atom is 0.225 e. The van der Waals surface area contributed by atoms with Crippen molar-refractivity contribution in [1.82, 2.24) is 14.9 Å². The summed E-state index contributed by atoms with van der Waals surface area (Å²) < 4.78 is 18.5. The monoisotopic (exact) mass is 374 g/mol. The first-order valence-corrected chi connectivity index (χ1v) is 9.24. The molecule has 2 heterocycles. The molecule has 1 fully saturated rings. The van der Waals surface area contributed by atoms with Crippen molar-refractivity contribution in [2.45, 2.75) is 32.9 Å². The van der Waals surface area contributed by atoms with Crippen molar-refractivity contribution in [2.24, 2.45) is 0 Å². The molecule has 0 aliphatic carbocycles. The van der Waals surface area contributed by atoms with Crippen molar-refractivity contribution in [3.05, 3.63) is 47.0 Å². The number of hydrogen-bond donors (Lipinski definition) is 1. The van der Waals surface area contributed by atoms with E-state index in [-0.39, 0.29) is 12.6 Å². The van der Waals surface area contributed by atoms with E-state index in [2.05, 4.69) is 39.7 Å². The fourth-order valence-corrected chi connectivity index (χ4v) is 3.64. The van der Waals surface area contributed by atoms with Crippen molar-refractivity contribution >= 4 is 5.95 Å². The summed E-state index contributed by atoms with van der Waals surface area (Å²) in [7, 11) is 1.69. The van der Waals surface area contributed by atoms with Crippen LogP contribution in [-0.2, 0) is 6.54 Å². The second-order valence-electron chi connectivity index (χ2n) is 6.96. The van der Waals surface area contributed by atoms with Gasteiger partial charge in [-0.1, -0.05) is 6.07 Å². The Hall–Kier alpha value is -2.25. The molecule has 1 atom stereocenters. The van der Waals surface area contributed by atoms with Gasteiger partial charge in [-0.3, -0.25) is 4.90 Å². The van der Waals surface area contributed by atoms with Crippen LogP contribution in [0.15, 0.2) is 24.5 Å². The number of hydrogen-bond acceptors (Lipinski definition) is 6. The first kappa shape index (κ1) is 19.5. The van der Waals surface area contributed by atoms with Crippen molar-refractivity contribution in [1.29, 1.82) is 0 Å². The lowest BCUT2D eigenvalue weighted by Gasteiger charge is -2.41. The van der Waals surface area contributed by atoms with E-state index in [1.807, 2.05) is 6.07 Å². The third kappa shape index (κ3) is 4.36. The molecule has 0 radical (unpaired) electrons. The molecule has 1 unspecified atom stereocenters. The molecule has 7 heteroatoms. The van der Waals surface area contributed by atoms with Gasteiger partial charge in [-0.25, -0.2) is 14.4 Å². The fourth-order valence-electron chi connectivity index (χ4n) is 3.64. The van der Waals surface area contributed by atoms with Gasteiger partial charge < -0.3 is 14.7 Å². The number of ether oxygens (including phenoxy) is 1.